The molecule has 0 saturated carbocycles. The van der Waals surface area contributed by atoms with Crippen molar-refractivity contribution in [2.24, 2.45) is 0 Å². The summed E-state index contributed by atoms with van der Waals surface area (Å²) < 4.78 is 5.36. The smallest absolute Gasteiger partial charge is 0.0803 e. The summed E-state index contributed by atoms with van der Waals surface area (Å²) in [4.78, 5) is 0. The molecule has 2 atom stereocenters. The first-order valence-corrected chi connectivity index (χ1v) is 4.48. The molecule has 2 heteroatoms. The molecule has 0 aromatic carbocycles. The van der Waals surface area contributed by atoms with E-state index in [-0.39, 0.29) is 12.2 Å². The zero-order valence-electron chi connectivity index (χ0n) is 7.84. The van der Waals surface area contributed by atoms with Crippen molar-refractivity contribution >= 4 is 0 Å². The van der Waals surface area contributed by atoms with E-state index in [9.17, 15) is 0 Å². The molecule has 1 N–H and O–H groups in total. The van der Waals surface area contributed by atoms with Crippen LogP contribution in [-0.2, 0) is 4.74 Å². The molecule has 0 fully saturated rings. The molecule has 0 saturated heterocycles. The maximum absolute atomic E-state index is 9.05. The Kier molecular flexibility index (Phi) is 6.57. The van der Waals surface area contributed by atoms with Gasteiger partial charge in [0.1, 0.15) is 0 Å². The molecule has 2 nitrogen and oxygen atoms in total. The van der Waals surface area contributed by atoms with Crippen LogP contribution in [0.5, 0.6) is 0 Å². The second kappa shape index (κ2) is 6.62. The highest BCUT2D eigenvalue weighted by Gasteiger charge is 2.07. The predicted octanol–water partition coefficient (Wildman–Crippen LogP) is 1.96. The lowest BCUT2D eigenvalue weighted by atomic mass is 10.2. The summed E-state index contributed by atoms with van der Waals surface area (Å²) in [5.41, 5.74) is 0. The Bertz CT molecular complexity index is 81.6. The second-order valence-corrected chi connectivity index (χ2v) is 3.02. The summed E-state index contributed by atoms with van der Waals surface area (Å²) in [7, 11) is 0. The van der Waals surface area contributed by atoms with Crippen molar-refractivity contribution in [3.05, 3.63) is 0 Å². The van der Waals surface area contributed by atoms with E-state index < -0.39 is 0 Å². The first-order chi connectivity index (χ1) is 5.18. The molecule has 11 heavy (non-hydrogen) atoms. The Hall–Kier alpha value is -0.0800. The normalized spacial score (nSPS) is 16.4. The Balaban J connectivity index is 3.10. The first-order valence-electron chi connectivity index (χ1n) is 4.48. The van der Waals surface area contributed by atoms with Gasteiger partial charge in [0.25, 0.3) is 0 Å². The third-order valence-electron chi connectivity index (χ3n) is 1.81. The number of aliphatic hydroxyl groups excluding tert-OH is 1. The van der Waals surface area contributed by atoms with Gasteiger partial charge in [-0.05, 0) is 20.3 Å². The van der Waals surface area contributed by atoms with E-state index in [0.29, 0.717) is 0 Å². The van der Waals surface area contributed by atoms with Gasteiger partial charge in [-0.3, -0.25) is 0 Å². The highest BCUT2D eigenvalue weighted by atomic mass is 16.5. The lowest BCUT2D eigenvalue weighted by Crippen LogP contribution is -2.22. The van der Waals surface area contributed by atoms with Crippen LogP contribution in [-0.4, -0.2) is 23.9 Å². The minimum Gasteiger partial charge on any atom is -0.391 e. The summed E-state index contributed by atoms with van der Waals surface area (Å²) in [6, 6.07) is 0. The fourth-order valence-electron chi connectivity index (χ4n) is 0.761. The first kappa shape index (κ1) is 10.9. The lowest BCUT2D eigenvalue weighted by molar-refractivity contribution is -0.0193. The maximum Gasteiger partial charge on any atom is 0.0803 e. The number of hydrogen-bond acceptors (Lipinski definition) is 2. The summed E-state index contributed by atoms with van der Waals surface area (Å²) in [5, 5.41) is 9.05. The van der Waals surface area contributed by atoms with Gasteiger partial charge in [-0.1, -0.05) is 19.8 Å². The van der Waals surface area contributed by atoms with E-state index >= 15 is 0 Å². The molecule has 0 amide bonds. The maximum atomic E-state index is 9.05. The van der Waals surface area contributed by atoms with Crippen molar-refractivity contribution < 1.29 is 9.84 Å². The molecule has 0 aromatic rings. The van der Waals surface area contributed by atoms with Crippen molar-refractivity contribution in [2.45, 2.75) is 52.2 Å². The molecule has 0 spiro atoms. The largest absolute Gasteiger partial charge is 0.391 e. The highest BCUT2D eigenvalue weighted by molar-refractivity contribution is 4.56. The fraction of sp³-hybridized carbons (Fsp3) is 1.00. The van der Waals surface area contributed by atoms with E-state index in [0.717, 1.165) is 13.0 Å². The third kappa shape index (κ3) is 6.32. The number of ether oxygens (including phenoxy) is 1. The van der Waals surface area contributed by atoms with Crippen molar-refractivity contribution in [3.8, 4) is 0 Å². The summed E-state index contributed by atoms with van der Waals surface area (Å²) in [6.45, 7) is 6.60. The van der Waals surface area contributed by atoms with Crippen LogP contribution in [0.1, 0.15) is 40.0 Å². The molecular formula is C9H20O2. The lowest BCUT2D eigenvalue weighted by Gasteiger charge is -2.15. The molecule has 0 aliphatic carbocycles. The van der Waals surface area contributed by atoms with Crippen LogP contribution in [0.3, 0.4) is 0 Å². The van der Waals surface area contributed by atoms with Crippen molar-refractivity contribution in [2.75, 3.05) is 6.61 Å². The van der Waals surface area contributed by atoms with Crippen molar-refractivity contribution in [1.29, 1.82) is 0 Å². The van der Waals surface area contributed by atoms with E-state index in [1.807, 2.05) is 6.92 Å². The van der Waals surface area contributed by atoms with Crippen LogP contribution in [0, 0.1) is 0 Å². The molecule has 0 aliphatic heterocycles. The molecule has 0 bridgehead atoms. The topological polar surface area (TPSA) is 29.5 Å². The second-order valence-electron chi connectivity index (χ2n) is 3.02. The SMILES string of the molecule is CCCCCOC(C)[C@@H](C)O. The van der Waals surface area contributed by atoms with Crippen LogP contribution >= 0.6 is 0 Å². The van der Waals surface area contributed by atoms with E-state index in [4.69, 9.17) is 9.84 Å². The van der Waals surface area contributed by atoms with Gasteiger partial charge in [-0.15, -0.1) is 0 Å². The molecule has 0 aliphatic rings. The van der Waals surface area contributed by atoms with Crippen molar-refractivity contribution in [3.63, 3.8) is 0 Å². The Morgan fingerprint density at radius 3 is 2.36 bits per heavy atom. The molecule has 0 aromatic heterocycles. The van der Waals surface area contributed by atoms with E-state index in [1.165, 1.54) is 12.8 Å². The summed E-state index contributed by atoms with van der Waals surface area (Å²) in [5.74, 6) is 0. The van der Waals surface area contributed by atoms with Crippen molar-refractivity contribution in [1.82, 2.24) is 0 Å². The summed E-state index contributed by atoms with van der Waals surface area (Å²) in [6.07, 6.45) is 3.16. The van der Waals surface area contributed by atoms with Crippen LogP contribution in [0.25, 0.3) is 0 Å². The molecule has 0 heterocycles. The monoisotopic (exact) mass is 160 g/mol. The quantitative estimate of drug-likeness (QED) is 0.602. The van der Waals surface area contributed by atoms with Gasteiger partial charge in [0.2, 0.25) is 0 Å². The Labute approximate surface area is 69.6 Å². The van der Waals surface area contributed by atoms with Gasteiger partial charge in [0, 0.05) is 6.61 Å². The average Bonchev–Trinajstić information content (AvgIpc) is 1.97. The summed E-state index contributed by atoms with van der Waals surface area (Å²) >= 11 is 0. The number of unbranched alkanes of at least 4 members (excludes halogenated alkanes) is 2. The number of aliphatic hydroxyl groups is 1. The zero-order chi connectivity index (χ0) is 8.69. The Morgan fingerprint density at radius 2 is 1.91 bits per heavy atom. The van der Waals surface area contributed by atoms with Gasteiger partial charge < -0.3 is 9.84 Å². The van der Waals surface area contributed by atoms with E-state index in [2.05, 4.69) is 6.92 Å². The number of hydrogen-bond donors (Lipinski definition) is 1. The number of rotatable bonds is 6. The molecular weight excluding hydrogens is 140 g/mol. The van der Waals surface area contributed by atoms with Gasteiger partial charge in [0.05, 0.1) is 12.2 Å². The molecule has 68 valence electrons. The highest BCUT2D eigenvalue weighted by Crippen LogP contribution is 2.00. The van der Waals surface area contributed by atoms with Crippen LogP contribution in [0.15, 0.2) is 0 Å². The third-order valence-corrected chi connectivity index (χ3v) is 1.81. The van der Waals surface area contributed by atoms with Gasteiger partial charge >= 0.3 is 0 Å². The molecule has 1 unspecified atom stereocenters. The molecule has 0 rings (SSSR count). The average molecular weight is 160 g/mol. The van der Waals surface area contributed by atoms with Gasteiger partial charge in [0.15, 0.2) is 0 Å². The minimum atomic E-state index is -0.350. The minimum absolute atomic E-state index is 0.0214. The molecule has 0 radical (unpaired) electrons. The standard InChI is InChI=1S/C9H20O2/c1-4-5-6-7-11-9(3)8(2)10/h8-10H,4-7H2,1-3H3/t8-,9?/m1/s1. The van der Waals surface area contributed by atoms with Crippen LogP contribution in [0.4, 0.5) is 0 Å². The Morgan fingerprint density at radius 1 is 1.27 bits per heavy atom. The fourth-order valence-corrected chi connectivity index (χ4v) is 0.761. The predicted molar refractivity (Wildman–Crippen MR) is 46.6 cm³/mol. The van der Waals surface area contributed by atoms with Crippen LogP contribution < -0.4 is 0 Å². The van der Waals surface area contributed by atoms with Crippen LogP contribution in [0.2, 0.25) is 0 Å². The van der Waals surface area contributed by atoms with E-state index in [1.54, 1.807) is 6.92 Å². The van der Waals surface area contributed by atoms with Gasteiger partial charge in [-0.25, -0.2) is 0 Å². The van der Waals surface area contributed by atoms with Gasteiger partial charge in [-0.2, -0.15) is 0 Å². The zero-order valence-corrected chi connectivity index (χ0v) is 7.84.